The molecule has 0 saturated heterocycles. The van der Waals surface area contributed by atoms with Gasteiger partial charge in [-0.1, -0.05) is 43.3 Å². The number of amides is 2. The van der Waals surface area contributed by atoms with Gasteiger partial charge in [-0.25, -0.2) is 4.98 Å². The standard InChI is InChI=1S/C29H30N4O3/c1-3-23(33-25-11-7-8-12-26(25)36-19-28(33)34)29(35)30-21-16-13-20(14-17-21)15-18-27-31-22-9-5-6-10-24(22)32(27)4-2/h5-14,16-17,23H,3-4,15,18-19H2,1-2H3,(H,30,35). The molecular weight excluding hydrogens is 452 g/mol. The molecule has 1 atom stereocenters. The minimum atomic E-state index is -0.621. The third-order valence-electron chi connectivity index (χ3n) is 6.65. The summed E-state index contributed by atoms with van der Waals surface area (Å²) in [4.78, 5) is 32.2. The first kappa shape index (κ1) is 23.6. The van der Waals surface area contributed by atoms with Crippen molar-refractivity contribution in [1.82, 2.24) is 9.55 Å². The van der Waals surface area contributed by atoms with Gasteiger partial charge in [0.05, 0.1) is 16.7 Å². The van der Waals surface area contributed by atoms with E-state index < -0.39 is 6.04 Å². The zero-order valence-electron chi connectivity index (χ0n) is 20.6. The van der Waals surface area contributed by atoms with Crippen molar-refractivity contribution in [3.8, 4) is 5.75 Å². The number of para-hydroxylation sites is 4. The first-order valence-electron chi connectivity index (χ1n) is 12.5. The second-order valence-electron chi connectivity index (χ2n) is 8.89. The van der Waals surface area contributed by atoms with Gasteiger partial charge in [0.2, 0.25) is 5.91 Å². The third kappa shape index (κ3) is 4.56. The highest BCUT2D eigenvalue weighted by Gasteiger charge is 2.34. The molecule has 1 N–H and O–H groups in total. The molecule has 36 heavy (non-hydrogen) atoms. The van der Waals surface area contributed by atoms with Gasteiger partial charge in [-0.05, 0) is 61.7 Å². The van der Waals surface area contributed by atoms with Crippen molar-refractivity contribution < 1.29 is 14.3 Å². The van der Waals surface area contributed by atoms with Crippen molar-refractivity contribution in [2.45, 2.75) is 45.7 Å². The first-order valence-corrected chi connectivity index (χ1v) is 12.5. The number of benzene rings is 3. The molecule has 5 rings (SSSR count). The Labute approximate surface area is 210 Å². The number of nitrogens with zero attached hydrogens (tertiary/aromatic N) is 3. The van der Waals surface area contributed by atoms with Crippen LogP contribution >= 0.6 is 0 Å². The van der Waals surface area contributed by atoms with E-state index in [4.69, 9.17) is 9.72 Å². The number of anilines is 2. The fraction of sp³-hybridized carbons (Fsp3) is 0.276. The number of nitrogens with one attached hydrogen (secondary N) is 1. The molecule has 7 heteroatoms. The Morgan fingerprint density at radius 2 is 1.75 bits per heavy atom. The SMILES string of the molecule is CCC(C(=O)Nc1ccc(CCc2nc3ccccc3n2CC)cc1)N1C(=O)COc2ccccc21. The van der Waals surface area contributed by atoms with Gasteiger partial charge in [-0.2, -0.15) is 0 Å². The molecule has 1 unspecified atom stereocenters. The molecule has 7 nitrogen and oxygen atoms in total. The van der Waals surface area contributed by atoms with Crippen molar-refractivity contribution >= 4 is 34.2 Å². The maximum atomic E-state index is 13.2. The smallest absolute Gasteiger partial charge is 0.265 e. The van der Waals surface area contributed by atoms with Crippen molar-refractivity contribution in [2.24, 2.45) is 0 Å². The van der Waals surface area contributed by atoms with Crippen LogP contribution < -0.4 is 15.0 Å². The molecule has 0 aliphatic carbocycles. The molecule has 4 aromatic rings. The largest absolute Gasteiger partial charge is 0.482 e. The number of hydrogen-bond donors (Lipinski definition) is 1. The maximum Gasteiger partial charge on any atom is 0.265 e. The Morgan fingerprint density at radius 1 is 1.00 bits per heavy atom. The number of carbonyl (C=O) groups is 2. The Kier molecular flexibility index (Phi) is 6.71. The van der Waals surface area contributed by atoms with Crippen molar-refractivity contribution in [3.05, 3.63) is 84.2 Å². The summed E-state index contributed by atoms with van der Waals surface area (Å²) in [6.07, 6.45) is 2.18. The van der Waals surface area contributed by atoms with Crippen LogP contribution in [0.25, 0.3) is 11.0 Å². The molecule has 2 heterocycles. The van der Waals surface area contributed by atoms with Crippen LogP contribution in [-0.4, -0.2) is 34.0 Å². The van der Waals surface area contributed by atoms with Crippen LogP contribution in [0.3, 0.4) is 0 Å². The van der Waals surface area contributed by atoms with E-state index in [1.54, 1.807) is 4.90 Å². The molecule has 0 spiro atoms. The molecule has 3 aromatic carbocycles. The molecule has 2 amide bonds. The lowest BCUT2D eigenvalue weighted by molar-refractivity contribution is -0.125. The van der Waals surface area contributed by atoms with Gasteiger partial charge in [0.15, 0.2) is 6.61 Å². The van der Waals surface area contributed by atoms with Gasteiger partial charge >= 0.3 is 0 Å². The number of ether oxygens (including phenoxy) is 1. The van der Waals surface area contributed by atoms with Gasteiger partial charge in [-0.3, -0.25) is 14.5 Å². The molecule has 184 valence electrons. The lowest BCUT2D eigenvalue weighted by atomic mass is 10.1. The van der Waals surface area contributed by atoms with Crippen molar-refractivity contribution in [3.63, 3.8) is 0 Å². The van der Waals surface area contributed by atoms with E-state index in [1.807, 2.05) is 67.6 Å². The number of fused-ring (bicyclic) bond motifs is 2. The van der Waals surface area contributed by atoms with E-state index in [0.29, 0.717) is 23.5 Å². The predicted molar refractivity (Wildman–Crippen MR) is 141 cm³/mol. The number of imidazole rings is 1. The molecular formula is C29H30N4O3. The zero-order chi connectivity index (χ0) is 25.1. The third-order valence-corrected chi connectivity index (χ3v) is 6.65. The number of aryl methyl sites for hydroxylation is 3. The van der Waals surface area contributed by atoms with Gasteiger partial charge in [0.1, 0.15) is 17.6 Å². The van der Waals surface area contributed by atoms with E-state index in [0.717, 1.165) is 30.7 Å². The summed E-state index contributed by atoms with van der Waals surface area (Å²) in [5, 5.41) is 2.99. The van der Waals surface area contributed by atoms with Crippen LogP contribution in [0.2, 0.25) is 0 Å². The molecule has 0 bridgehead atoms. The minimum Gasteiger partial charge on any atom is -0.482 e. The summed E-state index contributed by atoms with van der Waals surface area (Å²) >= 11 is 0. The Hall–Kier alpha value is -4.13. The van der Waals surface area contributed by atoms with Gasteiger partial charge < -0.3 is 14.6 Å². The Bertz CT molecular complexity index is 1390. The summed E-state index contributed by atoms with van der Waals surface area (Å²) in [5.74, 6) is 1.26. The predicted octanol–water partition coefficient (Wildman–Crippen LogP) is 4.98. The summed E-state index contributed by atoms with van der Waals surface area (Å²) in [6, 6.07) is 22.8. The Morgan fingerprint density at radius 3 is 2.53 bits per heavy atom. The van der Waals surface area contributed by atoms with E-state index in [2.05, 4.69) is 28.9 Å². The van der Waals surface area contributed by atoms with E-state index in [1.165, 1.54) is 11.1 Å². The average Bonchev–Trinajstić information content (AvgIpc) is 3.27. The summed E-state index contributed by atoms with van der Waals surface area (Å²) in [5.41, 5.74) is 4.70. The summed E-state index contributed by atoms with van der Waals surface area (Å²) < 4.78 is 7.79. The normalized spacial score (nSPS) is 13.8. The van der Waals surface area contributed by atoms with Crippen molar-refractivity contribution in [1.29, 1.82) is 0 Å². The lowest BCUT2D eigenvalue weighted by Crippen LogP contribution is -2.51. The van der Waals surface area contributed by atoms with E-state index >= 15 is 0 Å². The molecule has 0 fully saturated rings. The van der Waals surface area contributed by atoms with Gasteiger partial charge in [0.25, 0.3) is 5.91 Å². The average molecular weight is 483 g/mol. The van der Waals surface area contributed by atoms with Crippen LogP contribution in [0.4, 0.5) is 11.4 Å². The second kappa shape index (κ2) is 10.2. The van der Waals surface area contributed by atoms with E-state index in [9.17, 15) is 9.59 Å². The van der Waals surface area contributed by atoms with Gasteiger partial charge in [-0.15, -0.1) is 0 Å². The molecule has 1 aromatic heterocycles. The van der Waals surface area contributed by atoms with Crippen LogP contribution in [0.1, 0.15) is 31.7 Å². The highest BCUT2D eigenvalue weighted by atomic mass is 16.5. The van der Waals surface area contributed by atoms with Gasteiger partial charge in [0, 0.05) is 18.7 Å². The molecule has 1 aliphatic heterocycles. The second-order valence-corrected chi connectivity index (χ2v) is 8.89. The molecule has 0 saturated carbocycles. The highest BCUT2D eigenvalue weighted by molar-refractivity contribution is 6.07. The Balaban J connectivity index is 1.26. The van der Waals surface area contributed by atoms with Crippen LogP contribution in [0.15, 0.2) is 72.8 Å². The summed E-state index contributed by atoms with van der Waals surface area (Å²) in [7, 11) is 0. The quantitative estimate of drug-likeness (QED) is 0.384. The lowest BCUT2D eigenvalue weighted by Gasteiger charge is -2.34. The number of aromatic nitrogens is 2. The molecule has 0 radical (unpaired) electrons. The fourth-order valence-corrected chi connectivity index (χ4v) is 4.85. The monoisotopic (exact) mass is 482 g/mol. The maximum absolute atomic E-state index is 13.2. The van der Waals surface area contributed by atoms with Crippen molar-refractivity contribution in [2.75, 3.05) is 16.8 Å². The highest BCUT2D eigenvalue weighted by Crippen LogP contribution is 2.33. The van der Waals surface area contributed by atoms with Crippen LogP contribution in [0.5, 0.6) is 5.75 Å². The topological polar surface area (TPSA) is 76.5 Å². The minimum absolute atomic E-state index is 0.0681. The number of hydrogen-bond acceptors (Lipinski definition) is 4. The van der Waals surface area contributed by atoms with Crippen LogP contribution in [0, 0.1) is 0 Å². The summed E-state index contributed by atoms with van der Waals surface area (Å²) in [6.45, 7) is 4.86. The number of carbonyl (C=O) groups excluding carboxylic acids is 2. The number of rotatable bonds is 8. The molecule has 1 aliphatic rings. The fourth-order valence-electron chi connectivity index (χ4n) is 4.85. The first-order chi connectivity index (χ1) is 17.6. The van der Waals surface area contributed by atoms with Crippen LogP contribution in [-0.2, 0) is 29.0 Å². The zero-order valence-corrected chi connectivity index (χ0v) is 20.6. The van der Waals surface area contributed by atoms with E-state index in [-0.39, 0.29) is 18.4 Å².